The third kappa shape index (κ3) is 9.39. The number of aromatic amines is 1. The van der Waals surface area contributed by atoms with Crippen LogP contribution in [0.4, 0.5) is 0 Å². The Hall–Kier alpha value is -1.56. The van der Waals surface area contributed by atoms with Crippen molar-refractivity contribution in [2.24, 2.45) is 5.73 Å². The van der Waals surface area contributed by atoms with E-state index in [2.05, 4.69) is 18.5 Å². The predicted octanol–water partition coefficient (Wildman–Crippen LogP) is -2.00. The van der Waals surface area contributed by atoms with Crippen molar-refractivity contribution in [3.8, 4) is 0 Å². The van der Waals surface area contributed by atoms with Crippen molar-refractivity contribution >= 4 is 29.4 Å². The number of nitrogens with two attached hydrogens (primary N) is 1. The number of rotatable bonds is 13. The lowest BCUT2D eigenvalue weighted by molar-refractivity contribution is -0.0450. The topological polar surface area (TPSA) is 299 Å². The highest BCUT2D eigenvalue weighted by Crippen LogP contribution is 2.66. The monoisotopic (exact) mass is 582 g/mol. The number of hydrogen-bond acceptors (Lipinski definition) is 12. The molecular weight excluding hydrogens is 557 g/mol. The molecule has 2 rings (SSSR count). The fraction of sp³-hybridized carbons (Fsp3) is 0.643. The van der Waals surface area contributed by atoms with Crippen molar-refractivity contribution in [3.63, 3.8) is 0 Å². The van der Waals surface area contributed by atoms with Crippen LogP contribution < -0.4 is 22.3 Å². The molecule has 36 heavy (non-hydrogen) atoms. The number of nitrogens with zero attached hydrogens (tertiary/aromatic N) is 1. The number of amides is 1. The third-order valence-electron chi connectivity index (χ3n) is 4.46. The highest BCUT2D eigenvalue weighted by Gasteiger charge is 2.43. The van der Waals surface area contributed by atoms with Crippen molar-refractivity contribution < 1.29 is 61.1 Å². The second kappa shape index (κ2) is 12.3. The Labute approximate surface area is 201 Å². The number of carbonyl (C=O) groups is 1. The summed E-state index contributed by atoms with van der Waals surface area (Å²) >= 11 is 0. The number of ether oxygens (including phenoxy) is 1. The molecule has 206 valence electrons. The van der Waals surface area contributed by atoms with E-state index in [0.717, 1.165) is 10.8 Å². The van der Waals surface area contributed by atoms with Gasteiger partial charge in [0.2, 0.25) is 0 Å². The van der Waals surface area contributed by atoms with Crippen LogP contribution in [0.1, 0.15) is 35.8 Å². The van der Waals surface area contributed by atoms with Crippen LogP contribution in [0.3, 0.4) is 0 Å². The number of carbonyl (C=O) groups excluding carboxylic acids is 1. The van der Waals surface area contributed by atoms with E-state index in [-0.39, 0.29) is 13.0 Å². The highest BCUT2D eigenvalue weighted by atomic mass is 31.3. The molecule has 0 aliphatic carbocycles. The second-order valence-corrected chi connectivity index (χ2v) is 11.7. The number of aromatic nitrogens is 2. The Balaban J connectivity index is 2.07. The Morgan fingerprint density at radius 1 is 1.17 bits per heavy atom. The molecule has 0 radical (unpaired) electrons. The molecule has 1 saturated heterocycles. The van der Waals surface area contributed by atoms with Gasteiger partial charge in [-0.25, -0.2) is 18.5 Å². The SMILES string of the molecule is NCCCCNC(=O)c1cn([C@H]2C[C@H](O)[C@@H](COP(=O)(O)OP(=O)(O)OP(=O)(O)O)O2)c(=O)[nH]c1=O. The van der Waals surface area contributed by atoms with E-state index in [1.807, 2.05) is 4.98 Å². The molecule has 19 nitrogen and oxygen atoms in total. The lowest BCUT2D eigenvalue weighted by Gasteiger charge is -2.19. The van der Waals surface area contributed by atoms with Gasteiger partial charge in [-0.1, -0.05) is 0 Å². The van der Waals surface area contributed by atoms with E-state index >= 15 is 0 Å². The largest absolute Gasteiger partial charge is 0.490 e. The molecule has 0 bridgehead atoms. The molecule has 1 aromatic heterocycles. The van der Waals surface area contributed by atoms with Crippen LogP contribution in [0.25, 0.3) is 0 Å². The fourth-order valence-electron chi connectivity index (χ4n) is 2.93. The number of aliphatic hydroxyl groups is 1. The van der Waals surface area contributed by atoms with Gasteiger partial charge in [0.1, 0.15) is 17.9 Å². The highest BCUT2D eigenvalue weighted by molar-refractivity contribution is 7.66. The average molecular weight is 582 g/mol. The van der Waals surface area contributed by atoms with Gasteiger partial charge in [-0.2, -0.15) is 8.62 Å². The first kappa shape index (κ1) is 30.7. The quantitative estimate of drug-likeness (QED) is 0.0921. The van der Waals surface area contributed by atoms with E-state index in [4.69, 9.17) is 25.2 Å². The van der Waals surface area contributed by atoms with Gasteiger partial charge < -0.3 is 40.5 Å². The van der Waals surface area contributed by atoms with Crippen LogP contribution in [0.5, 0.6) is 0 Å². The Bertz CT molecular complexity index is 1190. The molecule has 9 N–H and O–H groups in total. The van der Waals surface area contributed by atoms with Crippen LogP contribution >= 0.6 is 23.5 Å². The van der Waals surface area contributed by atoms with Gasteiger partial charge in [-0.3, -0.25) is 23.7 Å². The van der Waals surface area contributed by atoms with Crippen LogP contribution in [0.2, 0.25) is 0 Å². The lowest BCUT2D eigenvalue weighted by Crippen LogP contribution is -2.38. The average Bonchev–Trinajstić information content (AvgIpc) is 3.07. The van der Waals surface area contributed by atoms with Crippen molar-refractivity contribution in [3.05, 3.63) is 32.6 Å². The van der Waals surface area contributed by atoms with Gasteiger partial charge >= 0.3 is 29.2 Å². The summed E-state index contributed by atoms with van der Waals surface area (Å²) in [6.07, 6.45) is -2.36. The van der Waals surface area contributed by atoms with E-state index < -0.39 is 71.2 Å². The van der Waals surface area contributed by atoms with E-state index in [1.54, 1.807) is 0 Å². The number of aliphatic hydroxyl groups excluding tert-OH is 1. The number of hydrogen-bond donors (Lipinski definition) is 8. The lowest BCUT2D eigenvalue weighted by atomic mass is 10.2. The Morgan fingerprint density at radius 2 is 1.83 bits per heavy atom. The van der Waals surface area contributed by atoms with Crippen molar-refractivity contribution in [1.29, 1.82) is 0 Å². The smallest absolute Gasteiger partial charge is 0.390 e. The normalized spacial score (nSPS) is 23.7. The summed E-state index contributed by atoms with van der Waals surface area (Å²) in [5, 5.41) is 12.7. The Morgan fingerprint density at radius 3 is 2.44 bits per heavy atom. The maximum Gasteiger partial charge on any atom is 0.490 e. The molecule has 1 aromatic rings. The van der Waals surface area contributed by atoms with E-state index in [0.29, 0.717) is 19.4 Å². The summed E-state index contributed by atoms with van der Waals surface area (Å²) in [6, 6.07) is 0. The predicted molar refractivity (Wildman–Crippen MR) is 116 cm³/mol. The van der Waals surface area contributed by atoms with Gasteiger partial charge in [0.25, 0.3) is 11.5 Å². The molecule has 1 aliphatic rings. The first-order valence-corrected chi connectivity index (χ1v) is 14.5. The summed E-state index contributed by atoms with van der Waals surface area (Å²) in [4.78, 5) is 74.2. The summed E-state index contributed by atoms with van der Waals surface area (Å²) in [5.74, 6) is -0.787. The minimum atomic E-state index is -5.74. The van der Waals surface area contributed by atoms with Crippen molar-refractivity contribution in [2.45, 2.75) is 37.7 Å². The number of phosphoric acid groups is 3. The zero-order valence-corrected chi connectivity index (χ0v) is 20.9. The van der Waals surface area contributed by atoms with Crippen LogP contribution in [-0.2, 0) is 31.6 Å². The number of unbranched alkanes of at least 4 members (excludes halogenated alkanes) is 1. The van der Waals surface area contributed by atoms with E-state index in [9.17, 15) is 38.1 Å². The number of nitrogens with one attached hydrogen (secondary N) is 2. The maximum atomic E-state index is 12.3. The zero-order valence-electron chi connectivity index (χ0n) is 18.2. The maximum absolute atomic E-state index is 12.3. The van der Waals surface area contributed by atoms with Crippen LogP contribution in [0, 0.1) is 0 Å². The molecular formula is C14H25N4O15P3. The molecule has 1 fully saturated rings. The van der Waals surface area contributed by atoms with Gasteiger partial charge in [-0.05, 0) is 19.4 Å². The molecule has 22 heteroatoms. The minimum absolute atomic E-state index is 0.218. The number of H-pyrrole nitrogens is 1. The standard InChI is InChI=1S/C14H25N4O15P3/c15-3-1-2-4-16-12(20)8-6-18(14(22)17-13(8)21)11-5-9(19)10(31-11)7-30-35(26,27)33-36(28,29)32-34(23,24)25/h6,9-11,19H,1-5,7,15H2,(H,16,20)(H,26,27)(H,28,29)(H,17,21,22)(H2,23,24,25)/t9-,10+,11+/m0/s1. The van der Waals surface area contributed by atoms with Gasteiger partial charge in [0.05, 0.1) is 12.7 Å². The molecule has 5 atom stereocenters. The van der Waals surface area contributed by atoms with Crippen LogP contribution in [-0.4, -0.2) is 72.0 Å². The molecule has 0 spiro atoms. The fourth-order valence-corrected chi connectivity index (χ4v) is 5.96. The molecule has 1 aliphatic heterocycles. The third-order valence-corrected chi connectivity index (χ3v) is 8.26. The van der Waals surface area contributed by atoms with E-state index in [1.165, 1.54) is 0 Å². The Kier molecular flexibility index (Phi) is 10.5. The first-order valence-electron chi connectivity index (χ1n) is 9.99. The molecule has 1 amide bonds. The van der Waals surface area contributed by atoms with Gasteiger partial charge in [0, 0.05) is 19.2 Å². The molecule has 2 unspecified atom stereocenters. The van der Waals surface area contributed by atoms with Crippen LogP contribution in [0.15, 0.2) is 15.8 Å². The van der Waals surface area contributed by atoms with Crippen molar-refractivity contribution in [2.75, 3.05) is 19.7 Å². The summed E-state index contributed by atoms with van der Waals surface area (Å²) < 4.78 is 51.6. The second-order valence-electron chi connectivity index (χ2n) is 7.28. The zero-order chi connectivity index (χ0) is 27.3. The summed E-state index contributed by atoms with van der Waals surface area (Å²) in [5.41, 5.74) is 2.96. The van der Waals surface area contributed by atoms with Gasteiger partial charge in [-0.15, -0.1) is 0 Å². The molecule has 0 aromatic carbocycles. The summed E-state index contributed by atoms with van der Waals surface area (Å²) in [6.45, 7) is -0.338. The van der Waals surface area contributed by atoms with Gasteiger partial charge in [0.15, 0.2) is 0 Å². The summed E-state index contributed by atoms with van der Waals surface area (Å²) in [7, 11) is -16.8. The minimum Gasteiger partial charge on any atom is -0.390 e. The first-order chi connectivity index (χ1) is 16.5. The van der Waals surface area contributed by atoms with Crippen molar-refractivity contribution in [1.82, 2.24) is 14.9 Å². The number of phosphoric ester groups is 1. The molecule has 2 heterocycles. The molecule has 0 saturated carbocycles.